The summed E-state index contributed by atoms with van der Waals surface area (Å²) in [7, 11) is 3.09. The van der Waals surface area contributed by atoms with Crippen molar-refractivity contribution in [2.45, 2.75) is 19.5 Å². The van der Waals surface area contributed by atoms with Gasteiger partial charge in [-0.2, -0.15) is 0 Å². The van der Waals surface area contributed by atoms with Gasteiger partial charge in [-0.3, -0.25) is 9.59 Å². The largest absolute Gasteiger partial charge is 0.497 e. The molecule has 1 N–H and O–H groups in total. The minimum Gasteiger partial charge on any atom is -0.497 e. The molecule has 4 aromatic rings. The fourth-order valence-corrected chi connectivity index (χ4v) is 3.86. The standard InChI is InChI=1S/C29H28FN3O5/c1-36-23-12-13-26(37-2)24(16-23)27-17-25(32-38-27)29(35)33(19-21-6-4-3-5-7-21)15-14-28(34)31-18-20-8-10-22(30)11-9-20/h3-13,16-17H,14-15,18-19H2,1-2H3,(H,31,34). The van der Waals surface area contributed by atoms with Gasteiger partial charge in [-0.1, -0.05) is 47.6 Å². The van der Waals surface area contributed by atoms with Gasteiger partial charge in [-0.15, -0.1) is 0 Å². The first-order valence-electron chi connectivity index (χ1n) is 12.0. The van der Waals surface area contributed by atoms with Crippen LogP contribution in [-0.2, 0) is 17.9 Å². The van der Waals surface area contributed by atoms with E-state index in [1.165, 1.54) is 19.2 Å². The lowest BCUT2D eigenvalue weighted by molar-refractivity contribution is -0.121. The summed E-state index contributed by atoms with van der Waals surface area (Å²) in [5.74, 6) is 0.540. The van der Waals surface area contributed by atoms with E-state index in [0.29, 0.717) is 22.8 Å². The predicted molar refractivity (Wildman–Crippen MR) is 139 cm³/mol. The summed E-state index contributed by atoms with van der Waals surface area (Å²) in [6, 6.07) is 22.2. The Labute approximate surface area is 220 Å². The molecule has 0 spiro atoms. The number of carbonyl (C=O) groups is 2. The van der Waals surface area contributed by atoms with Crippen LogP contribution in [0.1, 0.15) is 28.0 Å². The number of rotatable bonds is 11. The van der Waals surface area contributed by atoms with E-state index in [0.717, 1.165) is 11.1 Å². The smallest absolute Gasteiger partial charge is 0.276 e. The molecule has 0 fully saturated rings. The maximum absolute atomic E-state index is 13.5. The van der Waals surface area contributed by atoms with Gasteiger partial charge in [0.25, 0.3) is 5.91 Å². The summed E-state index contributed by atoms with van der Waals surface area (Å²) >= 11 is 0. The normalized spacial score (nSPS) is 10.6. The minimum absolute atomic E-state index is 0.0776. The lowest BCUT2D eigenvalue weighted by atomic mass is 10.1. The Kier molecular flexibility index (Phi) is 8.71. The van der Waals surface area contributed by atoms with Gasteiger partial charge in [0.15, 0.2) is 11.5 Å². The highest BCUT2D eigenvalue weighted by Crippen LogP contribution is 2.34. The average molecular weight is 518 g/mol. The first-order valence-corrected chi connectivity index (χ1v) is 12.0. The Morgan fingerprint density at radius 1 is 0.947 bits per heavy atom. The van der Waals surface area contributed by atoms with Gasteiger partial charge in [0.2, 0.25) is 5.91 Å². The third-order valence-corrected chi connectivity index (χ3v) is 5.92. The predicted octanol–water partition coefficient (Wildman–Crippen LogP) is 4.85. The number of methoxy groups -OCH3 is 2. The SMILES string of the molecule is COc1ccc(OC)c(-c2cc(C(=O)N(CCC(=O)NCc3ccc(F)cc3)Cc3ccccc3)no2)c1. The number of amides is 2. The van der Waals surface area contributed by atoms with Crippen LogP contribution in [0.15, 0.2) is 83.4 Å². The van der Waals surface area contributed by atoms with Crippen LogP contribution in [-0.4, -0.2) is 42.6 Å². The molecule has 1 heterocycles. The van der Waals surface area contributed by atoms with Crippen molar-refractivity contribution < 1.29 is 28.0 Å². The highest BCUT2D eigenvalue weighted by atomic mass is 19.1. The van der Waals surface area contributed by atoms with Crippen molar-refractivity contribution in [3.8, 4) is 22.8 Å². The molecule has 0 bridgehead atoms. The summed E-state index contributed by atoms with van der Waals surface area (Å²) in [4.78, 5) is 27.6. The van der Waals surface area contributed by atoms with Gasteiger partial charge >= 0.3 is 0 Å². The molecule has 0 radical (unpaired) electrons. The highest BCUT2D eigenvalue weighted by molar-refractivity contribution is 5.93. The van der Waals surface area contributed by atoms with E-state index in [2.05, 4.69) is 10.5 Å². The number of nitrogens with one attached hydrogen (secondary N) is 1. The Morgan fingerprint density at radius 3 is 2.42 bits per heavy atom. The molecule has 0 unspecified atom stereocenters. The maximum Gasteiger partial charge on any atom is 0.276 e. The number of benzene rings is 3. The molecule has 0 aliphatic heterocycles. The van der Waals surface area contributed by atoms with E-state index in [-0.39, 0.29) is 49.4 Å². The van der Waals surface area contributed by atoms with Crippen molar-refractivity contribution in [2.75, 3.05) is 20.8 Å². The summed E-state index contributed by atoms with van der Waals surface area (Å²) in [6.07, 6.45) is 0.0776. The van der Waals surface area contributed by atoms with Crippen LogP contribution in [0.3, 0.4) is 0 Å². The number of carbonyl (C=O) groups excluding carboxylic acids is 2. The van der Waals surface area contributed by atoms with Crippen LogP contribution < -0.4 is 14.8 Å². The van der Waals surface area contributed by atoms with Crippen LogP contribution >= 0.6 is 0 Å². The Balaban J connectivity index is 1.48. The van der Waals surface area contributed by atoms with Gasteiger partial charge in [-0.25, -0.2) is 4.39 Å². The second kappa shape index (κ2) is 12.5. The number of hydrogen-bond donors (Lipinski definition) is 1. The van der Waals surface area contributed by atoms with Crippen molar-refractivity contribution >= 4 is 11.8 Å². The third-order valence-electron chi connectivity index (χ3n) is 5.92. The van der Waals surface area contributed by atoms with Crippen molar-refractivity contribution in [3.63, 3.8) is 0 Å². The van der Waals surface area contributed by atoms with Crippen molar-refractivity contribution in [3.05, 3.63) is 102 Å². The van der Waals surface area contributed by atoms with E-state index >= 15 is 0 Å². The lowest BCUT2D eigenvalue weighted by Crippen LogP contribution is -2.35. The molecule has 38 heavy (non-hydrogen) atoms. The molecule has 196 valence electrons. The van der Waals surface area contributed by atoms with Crippen LogP contribution in [0.2, 0.25) is 0 Å². The van der Waals surface area contributed by atoms with E-state index in [1.807, 2.05) is 30.3 Å². The van der Waals surface area contributed by atoms with Gasteiger partial charge in [0.1, 0.15) is 17.3 Å². The molecule has 3 aromatic carbocycles. The van der Waals surface area contributed by atoms with Crippen LogP contribution in [0.25, 0.3) is 11.3 Å². The topological polar surface area (TPSA) is 93.9 Å². The fourth-order valence-electron chi connectivity index (χ4n) is 3.86. The van der Waals surface area contributed by atoms with Crippen molar-refractivity contribution in [1.82, 2.24) is 15.4 Å². The van der Waals surface area contributed by atoms with Crippen LogP contribution in [0.5, 0.6) is 11.5 Å². The molecule has 0 saturated heterocycles. The number of ether oxygens (including phenoxy) is 2. The zero-order chi connectivity index (χ0) is 26.9. The first kappa shape index (κ1) is 26.4. The summed E-state index contributed by atoms with van der Waals surface area (Å²) < 4.78 is 29.3. The second-order valence-electron chi connectivity index (χ2n) is 8.51. The molecule has 0 saturated carbocycles. The van der Waals surface area contributed by atoms with E-state index in [9.17, 15) is 14.0 Å². The monoisotopic (exact) mass is 517 g/mol. The highest BCUT2D eigenvalue weighted by Gasteiger charge is 2.23. The Hall–Kier alpha value is -4.66. The number of hydrogen-bond acceptors (Lipinski definition) is 6. The Morgan fingerprint density at radius 2 is 1.71 bits per heavy atom. The maximum atomic E-state index is 13.5. The molecule has 2 amide bonds. The van der Waals surface area contributed by atoms with Gasteiger partial charge in [0.05, 0.1) is 19.8 Å². The van der Waals surface area contributed by atoms with Gasteiger partial charge in [0, 0.05) is 32.1 Å². The third kappa shape index (κ3) is 6.76. The number of nitrogens with zero attached hydrogens (tertiary/aromatic N) is 2. The molecule has 8 nitrogen and oxygen atoms in total. The zero-order valence-corrected chi connectivity index (χ0v) is 21.1. The number of halogens is 1. The quantitative estimate of drug-likeness (QED) is 0.306. The van der Waals surface area contributed by atoms with Gasteiger partial charge < -0.3 is 24.2 Å². The van der Waals surface area contributed by atoms with Crippen molar-refractivity contribution in [2.24, 2.45) is 0 Å². The molecular formula is C29H28FN3O5. The molecule has 1 aromatic heterocycles. The van der Waals surface area contributed by atoms with Gasteiger partial charge in [-0.05, 0) is 41.5 Å². The number of aromatic nitrogens is 1. The molecule has 0 aliphatic carbocycles. The molecule has 0 atom stereocenters. The molecule has 0 aliphatic rings. The summed E-state index contributed by atoms with van der Waals surface area (Å²) in [5, 5.41) is 6.81. The van der Waals surface area contributed by atoms with E-state index in [4.69, 9.17) is 14.0 Å². The molecule has 4 rings (SSSR count). The summed E-state index contributed by atoms with van der Waals surface area (Å²) in [5.41, 5.74) is 2.38. The van der Waals surface area contributed by atoms with E-state index < -0.39 is 0 Å². The van der Waals surface area contributed by atoms with E-state index in [1.54, 1.807) is 48.4 Å². The minimum atomic E-state index is -0.378. The fraction of sp³-hybridized carbons (Fsp3) is 0.207. The molecular weight excluding hydrogens is 489 g/mol. The molecule has 9 heteroatoms. The van der Waals surface area contributed by atoms with Crippen molar-refractivity contribution in [1.29, 1.82) is 0 Å². The zero-order valence-electron chi connectivity index (χ0n) is 21.1. The lowest BCUT2D eigenvalue weighted by Gasteiger charge is -2.21. The first-order chi connectivity index (χ1) is 18.5. The van der Waals surface area contributed by atoms with Crippen LogP contribution in [0.4, 0.5) is 4.39 Å². The average Bonchev–Trinajstić information content (AvgIpc) is 3.45. The van der Waals surface area contributed by atoms with Crippen LogP contribution in [0, 0.1) is 5.82 Å². The second-order valence-corrected chi connectivity index (χ2v) is 8.51. The Bertz CT molecular complexity index is 1370. The summed E-state index contributed by atoms with van der Waals surface area (Å²) in [6.45, 7) is 0.712.